The predicted molar refractivity (Wildman–Crippen MR) is 85.3 cm³/mol. The lowest BCUT2D eigenvalue weighted by Gasteiger charge is -2.00. The van der Waals surface area contributed by atoms with Crippen LogP contribution >= 0.6 is 0 Å². The highest BCUT2D eigenvalue weighted by atomic mass is 16.3. The van der Waals surface area contributed by atoms with Crippen LogP contribution in [0.3, 0.4) is 0 Å². The highest BCUT2D eigenvalue weighted by Crippen LogP contribution is 2.32. The van der Waals surface area contributed by atoms with Crippen molar-refractivity contribution in [3.8, 4) is 22.5 Å². The average Bonchev–Trinajstić information content (AvgIpc) is 2.90. The van der Waals surface area contributed by atoms with E-state index in [1.807, 2.05) is 55.5 Å². The second-order valence-electron chi connectivity index (χ2n) is 4.94. The molecule has 0 radical (unpaired) electrons. The van der Waals surface area contributed by atoms with Crippen molar-refractivity contribution in [1.82, 2.24) is 0 Å². The molecule has 0 aliphatic heterocycles. The Kier molecular flexibility index (Phi) is 3.32. The highest BCUT2D eigenvalue weighted by Gasteiger charge is 2.11. The van der Waals surface area contributed by atoms with Crippen LogP contribution in [0.2, 0.25) is 0 Å². The Balaban J connectivity index is 1.99. The van der Waals surface area contributed by atoms with E-state index < -0.39 is 0 Å². The number of nitrogens with one attached hydrogen (secondary N) is 1. The molecule has 1 heterocycles. The Morgan fingerprint density at radius 2 is 1.62 bits per heavy atom. The third-order valence-electron chi connectivity index (χ3n) is 3.48. The molecule has 21 heavy (non-hydrogen) atoms. The van der Waals surface area contributed by atoms with Gasteiger partial charge in [0.25, 0.3) is 0 Å². The first-order valence-corrected chi connectivity index (χ1v) is 6.76. The summed E-state index contributed by atoms with van der Waals surface area (Å²) in [6, 6.07) is 19.7. The number of furan rings is 1. The van der Waals surface area contributed by atoms with Gasteiger partial charge in [0.05, 0.1) is 0 Å². The topological polar surface area (TPSA) is 63.0 Å². The molecule has 0 fully saturated rings. The Hall–Kier alpha value is -2.81. The molecule has 3 aromatic rings. The van der Waals surface area contributed by atoms with Crippen LogP contribution in [0.5, 0.6) is 0 Å². The van der Waals surface area contributed by atoms with Gasteiger partial charge in [-0.1, -0.05) is 54.6 Å². The van der Waals surface area contributed by atoms with Crippen LogP contribution < -0.4 is 5.73 Å². The number of benzene rings is 2. The Morgan fingerprint density at radius 3 is 2.24 bits per heavy atom. The molecule has 0 unspecified atom stereocenters. The van der Waals surface area contributed by atoms with Crippen molar-refractivity contribution in [3.05, 3.63) is 72.0 Å². The Bertz CT molecular complexity index is 771. The van der Waals surface area contributed by atoms with Gasteiger partial charge in [0, 0.05) is 16.7 Å². The summed E-state index contributed by atoms with van der Waals surface area (Å²) in [6.07, 6.45) is 0. The SMILES string of the molecule is Cc1oc(-c2ccc(C(=N)N)cc2)cc1-c1ccccc1. The van der Waals surface area contributed by atoms with E-state index in [2.05, 4.69) is 12.1 Å². The van der Waals surface area contributed by atoms with Gasteiger partial charge < -0.3 is 10.2 Å². The first-order chi connectivity index (χ1) is 10.1. The number of nitrogen functional groups attached to an aromatic ring is 1. The molecule has 3 rings (SSSR count). The first kappa shape index (κ1) is 13.2. The summed E-state index contributed by atoms with van der Waals surface area (Å²) in [5.41, 5.74) is 9.40. The van der Waals surface area contributed by atoms with Crippen LogP contribution in [0, 0.1) is 12.3 Å². The fraction of sp³-hybridized carbons (Fsp3) is 0.0556. The lowest BCUT2D eigenvalue weighted by Crippen LogP contribution is -2.10. The minimum absolute atomic E-state index is 0.0714. The van der Waals surface area contributed by atoms with Crippen molar-refractivity contribution >= 4 is 5.84 Å². The molecule has 0 saturated carbocycles. The molecule has 0 saturated heterocycles. The van der Waals surface area contributed by atoms with Gasteiger partial charge >= 0.3 is 0 Å². The van der Waals surface area contributed by atoms with Gasteiger partial charge in [-0.3, -0.25) is 5.41 Å². The van der Waals surface area contributed by atoms with Gasteiger partial charge in [-0.05, 0) is 18.6 Å². The maximum absolute atomic E-state index is 7.42. The van der Waals surface area contributed by atoms with Crippen LogP contribution in [-0.2, 0) is 0 Å². The van der Waals surface area contributed by atoms with Crippen LogP contribution in [0.25, 0.3) is 22.5 Å². The average molecular weight is 276 g/mol. The van der Waals surface area contributed by atoms with Crippen molar-refractivity contribution in [2.75, 3.05) is 0 Å². The summed E-state index contributed by atoms with van der Waals surface area (Å²) < 4.78 is 5.87. The summed E-state index contributed by atoms with van der Waals surface area (Å²) in [4.78, 5) is 0. The summed E-state index contributed by atoms with van der Waals surface area (Å²) in [7, 11) is 0. The molecule has 3 nitrogen and oxygen atoms in total. The van der Waals surface area contributed by atoms with E-state index >= 15 is 0 Å². The minimum Gasteiger partial charge on any atom is -0.461 e. The molecule has 1 aromatic heterocycles. The maximum atomic E-state index is 7.42. The second-order valence-corrected chi connectivity index (χ2v) is 4.94. The number of amidine groups is 1. The second kappa shape index (κ2) is 5.29. The zero-order valence-corrected chi connectivity index (χ0v) is 11.8. The first-order valence-electron chi connectivity index (χ1n) is 6.76. The predicted octanol–water partition coefficient (Wildman–Crippen LogP) is 4.21. The van der Waals surface area contributed by atoms with Gasteiger partial charge in [0.1, 0.15) is 17.4 Å². The van der Waals surface area contributed by atoms with Crippen LogP contribution in [0.15, 0.2) is 65.1 Å². The quantitative estimate of drug-likeness (QED) is 0.556. The Labute approximate surface area is 123 Å². The van der Waals surface area contributed by atoms with Crippen molar-refractivity contribution in [3.63, 3.8) is 0 Å². The van der Waals surface area contributed by atoms with Crippen LogP contribution in [0.1, 0.15) is 11.3 Å². The normalized spacial score (nSPS) is 10.5. The monoisotopic (exact) mass is 276 g/mol. The molecule has 2 aromatic carbocycles. The third kappa shape index (κ3) is 2.58. The van der Waals surface area contributed by atoms with Gasteiger partial charge in [0.2, 0.25) is 0 Å². The molecule has 0 atom stereocenters. The number of hydrogen-bond acceptors (Lipinski definition) is 2. The van der Waals surface area contributed by atoms with Crippen LogP contribution in [-0.4, -0.2) is 5.84 Å². The van der Waals surface area contributed by atoms with Gasteiger partial charge in [-0.2, -0.15) is 0 Å². The van der Waals surface area contributed by atoms with Gasteiger partial charge in [-0.15, -0.1) is 0 Å². The van der Waals surface area contributed by atoms with Crippen molar-refractivity contribution < 1.29 is 4.42 Å². The Morgan fingerprint density at radius 1 is 0.952 bits per heavy atom. The largest absolute Gasteiger partial charge is 0.461 e. The lowest BCUT2D eigenvalue weighted by molar-refractivity contribution is 0.549. The van der Waals surface area contributed by atoms with E-state index in [4.69, 9.17) is 15.6 Å². The number of rotatable bonds is 3. The third-order valence-corrected chi connectivity index (χ3v) is 3.48. The fourth-order valence-corrected chi connectivity index (χ4v) is 2.34. The van der Waals surface area contributed by atoms with Crippen molar-refractivity contribution in [1.29, 1.82) is 5.41 Å². The molecule has 3 N–H and O–H groups in total. The van der Waals surface area contributed by atoms with E-state index in [0.717, 1.165) is 28.2 Å². The van der Waals surface area contributed by atoms with Crippen molar-refractivity contribution in [2.45, 2.75) is 6.92 Å². The molecule has 0 aliphatic rings. The molecule has 104 valence electrons. The zero-order valence-electron chi connectivity index (χ0n) is 11.8. The number of aryl methyl sites for hydroxylation is 1. The van der Waals surface area contributed by atoms with E-state index in [9.17, 15) is 0 Å². The van der Waals surface area contributed by atoms with Gasteiger partial charge in [-0.25, -0.2) is 0 Å². The molecule has 0 spiro atoms. The van der Waals surface area contributed by atoms with Crippen molar-refractivity contribution in [2.24, 2.45) is 5.73 Å². The minimum atomic E-state index is 0.0714. The standard InChI is InChI=1S/C18H16N2O/c1-12-16(13-5-3-2-4-6-13)11-17(21-12)14-7-9-15(10-8-14)18(19)20/h2-11H,1H3,(H3,19,20). The van der Waals surface area contributed by atoms with E-state index in [-0.39, 0.29) is 5.84 Å². The van der Waals surface area contributed by atoms with Crippen LogP contribution in [0.4, 0.5) is 0 Å². The smallest absolute Gasteiger partial charge is 0.134 e. The van der Waals surface area contributed by atoms with E-state index in [1.165, 1.54) is 0 Å². The van der Waals surface area contributed by atoms with Gasteiger partial charge in [0.15, 0.2) is 0 Å². The zero-order chi connectivity index (χ0) is 14.8. The highest BCUT2D eigenvalue weighted by molar-refractivity contribution is 5.95. The number of hydrogen-bond donors (Lipinski definition) is 2. The molecule has 0 bridgehead atoms. The molecule has 0 amide bonds. The molecular weight excluding hydrogens is 260 g/mol. The maximum Gasteiger partial charge on any atom is 0.134 e. The number of nitrogens with two attached hydrogens (primary N) is 1. The molecular formula is C18H16N2O. The van der Waals surface area contributed by atoms with E-state index in [0.29, 0.717) is 5.56 Å². The summed E-state index contributed by atoms with van der Waals surface area (Å²) in [6.45, 7) is 1.97. The lowest BCUT2D eigenvalue weighted by atomic mass is 10.0. The fourth-order valence-electron chi connectivity index (χ4n) is 2.34. The molecule has 0 aliphatic carbocycles. The molecule has 3 heteroatoms. The van der Waals surface area contributed by atoms with E-state index in [1.54, 1.807) is 0 Å². The summed E-state index contributed by atoms with van der Waals surface area (Å²) in [5.74, 6) is 1.79. The summed E-state index contributed by atoms with van der Waals surface area (Å²) >= 11 is 0. The summed E-state index contributed by atoms with van der Waals surface area (Å²) in [5, 5.41) is 7.42.